The van der Waals surface area contributed by atoms with E-state index in [2.05, 4.69) is 25.6 Å². The van der Waals surface area contributed by atoms with Gasteiger partial charge in [-0.3, -0.25) is 0 Å². The summed E-state index contributed by atoms with van der Waals surface area (Å²) in [5.74, 6) is 1.72. The Kier molecular flexibility index (Phi) is 3.95. The first-order valence-corrected chi connectivity index (χ1v) is 5.86. The predicted octanol–water partition coefficient (Wildman–Crippen LogP) is 0.799. The van der Waals surface area contributed by atoms with E-state index in [1.165, 1.54) is 0 Å². The molecule has 0 radical (unpaired) electrons. The maximum atomic E-state index is 5.64. The molecule has 0 bridgehead atoms. The number of anilines is 3. The third-order valence-electron chi connectivity index (χ3n) is 2.34. The van der Waals surface area contributed by atoms with Crippen LogP contribution in [0.3, 0.4) is 0 Å². The van der Waals surface area contributed by atoms with Gasteiger partial charge in [-0.1, -0.05) is 0 Å². The molecule has 2 aromatic rings. The van der Waals surface area contributed by atoms with E-state index < -0.39 is 0 Å². The van der Waals surface area contributed by atoms with E-state index in [4.69, 9.17) is 5.73 Å². The SMILES string of the molecule is CCNc1cc(NCCn2ccnc2)nc(N)n1. The second-order valence-electron chi connectivity index (χ2n) is 3.75. The quantitative estimate of drug-likeness (QED) is 0.699. The number of nitrogen functional groups attached to an aromatic ring is 1. The van der Waals surface area contributed by atoms with E-state index in [0.29, 0.717) is 0 Å². The van der Waals surface area contributed by atoms with E-state index in [1.54, 1.807) is 12.5 Å². The molecule has 0 aliphatic rings. The predicted molar refractivity (Wildman–Crippen MR) is 71.3 cm³/mol. The average Bonchev–Trinajstić information content (AvgIpc) is 2.82. The zero-order valence-corrected chi connectivity index (χ0v) is 10.3. The lowest BCUT2D eigenvalue weighted by molar-refractivity contribution is 0.725. The maximum Gasteiger partial charge on any atom is 0.223 e. The summed E-state index contributed by atoms with van der Waals surface area (Å²) in [6.07, 6.45) is 5.45. The zero-order valence-electron chi connectivity index (χ0n) is 10.3. The van der Waals surface area contributed by atoms with Gasteiger partial charge in [0.25, 0.3) is 0 Å². The number of aromatic nitrogens is 4. The Morgan fingerprint density at radius 1 is 1.28 bits per heavy atom. The van der Waals surface area contributed by atoms with Gasteiger partial charge in [-0.2, -0.15) is 9.97 Å². The molecule has 0 aromatic carbocycles. The van der Waals surface area contributed by atoms with Gasteiger partial charge < -0.3 is 20.9 Å². The Morgan fingerprint density at radius 3 is 2.72 bits per heavy atom. The monoisotopic (exact) mass is 247 g/mol. The summed E-state index contributed by atoms with van der Waals surface area (Å²) in [5.41, 5.74) is 5.64. The summed E-state index contributed by atoms with van der Waals surface area (Å²) in [4.78, 5) is 12.2. The van der Waals surface area contributed by atoms with E-state index in [-0.39, 0.29) is 5.95 Å². The Hall–Kier alpha value is -2.31. The first-order valence-electron chi connectivity index (χ1n) is 5.86. The van der Waals surface area contributed by atoms with Crippen LogP contribution in [0, 0.1) is 0 Å². The van der Waals surface area contributed by atoms with Crippen molar-refractivity contribution in [3.63, 3.8) is 0 Å². The molecule has 0 amide bonds. The molecule has 0 unspecified atom stereocenters. The fourth-order valence-electron chi connectivity index (χ4n) is 1.56. The van der Waals surface area contributed by atoms with Crippen LogP contribution in [0.2, 0.25) is 0 Å². The Morgan fingerprint density at radius 2 is 2.06 bits per heavy atom. The number of hydrogen-bond acceptors (Lipinski definition) is 6. The van der Waals surface area contributed by atoms with Crippen molar-refractivity contribution in [3.8, 4) is 0 Å². The van der Waals surface area contributed by atoms with Crippen LogP contribution in [0.1, 0.15) is 6.92 Å². The molecule has 4 N–H and O–H groups in total. The van der Waals surface area contributed by atoms with Crippen LogP contribution in [0.4, 0.5) is 17.6 Å². The number of hydrogen-bond donors (Lipinski definition) is 3. The van der Waals surface area contributed by atoms with Gasteiger partial charge in [-0.05, 0) is 6.92 Å². The van der Waals surface area contributed by atoms with Crippen molar-refractivity contribution < 1.29 is 0 Å². The van der Waals surface area contributed by atoms with Gasteiger partial charge in [0.2, 0.25) is 5.95 Å². The van der Waals surface area contributed by atoms with Gasteiger partial charge in [0.15, 0.2) is 0 Å². The highest BCUT2D eigenvalue weighted by Crippen LogP contribution is 2.11. The second kappa shape index (κ2) is 5.85. The van der Waals surface area contributed by atoms with Crippen molar-refractivity contribution in [1.29, 1.82) is 0 Å². The van der Waals surface area contributed by atoms with E-state index >= 15 is 0 Å². The summed E-state index contributed by atoms with van der Waals surface area (Å²) >= 11 is 0. The van der Waals surface area contributed by atoms with Gasteiger partial charge in [-0.15, -0.1) is 0 Å². The highest BCUT2D eigenvalue weighted by atomic mass is 15.1. The largest absolute Gasteiger partial charge is 0.370 e. The molecule has 2 aromatic heterocycles. The third kappa shape index (κ3) is 3.34. The lowest BCUT2D eigenvalue weighted by atomic mass is 10.5. The van der Waals surface area contributed by atoms with Crippen LogP contribution >= 0.6 is 0 Å². The zero-order chi connectivity index (χ0) is 12.8. The topological polar surface area (TPSA) is 93.7 Å². The number of imidazole rings is 1. The molecule has 2 rings (SSSR count). The smallest absolute Gasteiger partial charge is 0.223 e. The molecule has 7 nitrogen and oxygen atoms in total. The van der Waals surface area contributed by atoms with Crippen molar-refractivity contribution in [2.45, 2.75) is 13.5 Å². The standard InChI is InChI=1S/C11H17N7/c1-2-14-9-7-10(17-11(12)16-9)15-4-6-18-5-3-13-8-18/h3,5,7-8H,2,4,6H2,1H3,(H4,12,14,15,16,17). The molecule has 0 aliphatic heterocycles. The first kappa shape index (κ1) is 12.2. The Labute approximate surface area is 105 Å². The molecule has 96 valence electrons. The number of nitrogens with one attached hydrogen (secondary N) is 2. The van der Waals surface area contributed by atoms with Crippen LogP contribution in [0.25, 0.3) is 0 Å². The van der Waals surface area contributed by atoms with Gasteiger partial charge in [0.05, 0.1) is 6.33 Å². The molecule has 0 fully saturated rings. The van der Waals surface area contributed by atoms with Gasteiger partial charge in [-0.25, -0.2) is 4.98 Å². The lowest BCUT2D eigenvalue weighted by Gasteiger charge is -2.09. The summed E-state index contributed by atoms with van der Waals surface area (Å²) in [7, 11) is 0. The molecule has 0 saturated heterocycles. The summed E-state index contributed by atoms with van der Waals surface area (Å²) in [6.45, 7) is 4.37. The maximum absolute atomic E-state index is 5.64. The Bertz CT molecular complexity index is 480. The van der Waals surface area contributed by atoms with Crippen molar-refractivity contribution in [2.75, 3.05) is 29.5 Å². The van der Waals surface area contributed by atoms with Crippen LogP contribution < -0.4 is 16.4 Å². The molecule has 0 atom stereocenters. The van der Waals surface area contributed by atoms with E-state index in [9.17, 15) is 0 Å². The third-order valence-corrected chi connectivity index (χ3v) is 2.34. The summed E-state index contributed by atoms with van der Waals surface area (Å²) < 4.78 is 1.99. The molecule has 2 heterocycles. The first-order chi connectivity index (χ1) is 8.78. The summed E-state index contributed by atoms with van der Waals surface area (Å²) in [5, 5.41) is 6.31. The Balaban J connectivity index is 1.92. The lowest BCUT2D eigenvalue weighted by Crippen LogP contribution is -2.12. The van der Waals surface area contributed by atoms with Crippen molar-refractivity contribution in [2.24, 2.45) is 0 Å². The van der Waals surface area contributed by atoms with Crippen molar-refractivity contribution in [3.05, 3.63) is 24.8 Å². The molecule has 0 aliphatic carbocycles. The highest BCUT2D eigenvalue weighted by molar-refractivity contribution is 5.50. The van der Waals surface area contributed by atoms with E-state index in [0.717, 1.165) is 31.3 Å². The van der Waals surface area contributed by atoms with Crippen LogP contribution in [-0.4, -0.2) is 32.6 Å². The normalized spacial score (nSPS) is 10.3. The molecular formula is C11H17N7. The minimum absolute atomic E-state index is 0.263. The minimum atomic E-state index is 0.263. The van der Waals surface area contributed by atoms with Gasteiger partial charge >= 0.3 is 0 Å². The number of nitrogens with zero attached hydrogens (tertiary/aromatic N) is 4. The van der Waals surface area contributed by atoms with E-state index in [1.807, 2.05) is 23.8 Å². The van der Waals surface area contributed by atoms with Crippen LogP contribution in [-0.2, 0) is 6.54 Å². The minimum Gasteiger partial charge on any atom is -0.370 e. The number of rotatable bonds is 6. The number of nitrogens with two attached hydrogens (primary N) is 1. The van der Waals surface area contributed by atoms with Crippen LogP contribution in [0.15, 0.2) is 24.8 Å². The second-order valence-corrected chi connectivity index (χ2v) is 3.75. The molecular weight excluding hydrogens is 230 g/mol. The molecule has 0 saturated carbocycles. The highest BCUT2D eigenvalue weighted by Gasteiger charge is 2.01. The molecule has 18 heavy (non-hydrogen) atoms. The van der Waals surface area contributed by atoms with Crippen molar-refractivity contribution >= 4 is 17.6 Å². The van der Waals surface area contributed by atoms with Crippen LogP contribution in [0.5, 0.6) is 0 Å². The molecule has 0 spiro atoms. The van der Waals surface area contributed by atoms with Crippen molar-refractivity contribution in [1.82, 2.24) is 19.5 Å². The van der Waals surface area contributed by atoms with Gasteiger partial charge in [0.1, 0.15) is 11.6 Å². The average molecular weight is 247 g/mol. The summed E-state index contributed by atoms with van der Waals surface area (Å²) in [6, 6.07) is 1.84. The van der Waals surface area contributed by atoms with Gasteiger partial charge in [0, 0.05) is 38.1 Å². The fourth-order valence-corrected chi connectivity index (χ4v) is 1.56. The fraction of sp³-hybridized carbons (Fsp3) is 0.364. The molecule has 7 heteroatoms.